The summed E-state index contributed by atoms with van der Waals surface area (Å²) in [6, 6.07) is 2.04. The predicted octanol–water partition coefficient (Wildman–Crippen LogP) is 1.51. The molecule has 0 N–H and O–H groups in total. The third kappa shape index (κ3) is 4.23. The SMILES string of the molecule is O=C([C@@H]1CCS(=O)(=O)C1)N1CC[C@@H](Oc2ccc(C(F)(F)F)cn2)C1. The number of carbonyl (C=O) groups excluding carboxylic acids is 1. The van der Waals surface area contributed by atoms with Crippen molar-refractivity contribution >= 4 is 15.7 Å². The number of nitrogens with zero attached hydrogens (tertiary/aromatic N) is 2. The van der Waals surface area contributed by atoms with Crippen molar-refractivity contribution < 1.29 is 31.1 Å². The number of aromatic nitrogens is 1. The molecular weight excluding hydrogens is 361 g/mol. The van der Waals surface area contributed by atoms with Crippen molar-refractivity contribution in [2.24, 2.45) is 5.92 Å². The van der Waals surface area contributed by atoms with E-state index in [1.54, 1.807) is 4.90 Å². The highest BCUT2D eigenvalue weighted by atomic mass is 32.2. The zero-order chi connectivity index (χ0) is 18.2. The molecule has 0 spiro atoms. The summed E-state index contributed by atoms with van der Waals surface area (Å²) in [7, 11) is -3.13. The summed E-state index contributed by atoms with van der Waals surface area (Å²) >= 11 is 0. The van der Waals surface area contributed by atoms with Crippen LogP contribution in [0.1, 0.15) is 18.4 Å². The first-order valence-electron chi connectivity index (χ1n) is 7.83. The third-order valence-corrected chi connectivity index (χ3v) is 6.16. The molecule has 6 nitrogen and oxygen atoms in total. The van der Waals surface area contributed by atoms with Crippen molar-refractivity contribution in [3.05, 3.63) is 23.9 Å². The van der Waals surface area contributed by atoms with Crippen molar-refractivity contribution in [1.29, 1.82) is 0 Å². The molecule has 2 aliphatic rings. The number of ether oxygens (including phenoxy) is 1. The summed E-state index contributed by atoms with van der Waals surface area (Å²) in [6.45, 7) is 0.707. The van der Waals surface area contributed by atoms with E-state index in [4.69, 9.17) is 4.74 Å². The van der Waals surface area contributed by atoms with Gasteiger partial charge >= 0.3 is 6.18 Å². The van der Waals surface area contributed by atoms with Gasteiger partial charge in [0.05, 0.1) is 29.5 Å². The first-order valence-corrected chi connectivity index (χ1v) is 9.65. The standard InChI is InChI=1S/C15H17F3N2O4S/c16-15(17,18)11-1-2-13(19-7-11)24-12-3-5-20(8-12)14(21)10-4-6-25(22,23)9-10/h1-2,7,10,12H,3-6,8-9H2/t10-,12-/m1/s1. The Morgan fingerprint density at radius 3 is 2.60 bits per heavy atom. The summed E-state index contributed by atoms with van der Waals surface area (Å²) in [5.74, 6) is -0.725. The number of hydrogen-bond acceptors (Lipinski definition) is 5. The minimum absolute atomic E-state index is 0.0344. The van der Waals surface area contributed by atoms with Gasteiger partial charge in [0.1, 0.15) is 6.10 Å². The number of sulfone groups is 1. The van der Waals surface area contributed by atoms with E-state index < -0.39 is 27.5 Å². The Bertz CT molecular complexity index is 749. The highest BCUT2D eigenvalue weighted by molar-refractivity contribution is 7.91. The maximum atomic E-state index is 12.5. The van der Waals surface area contributed by atoms with Gasteiger partial charge in [-0.15, -0.1) is 0 Å². The molecule has 1 aromatic heterocycles. The zero-order valence-electron chi connectivity index (χ0n) is 13.2. The molecule has 3 rings (SSSR count). The molecule has 2 fully saturated rings. The van der Waals surface area contributed by atoms with E-state index in [9.17, 15) is 26.4 Å². The van der Waals surface area contributed by atoms with Crippen LogP contribution in [0.4, 0.5) is 13.2 Å². The second-order valence-corrected chi connectivity index (χ2v) is 8.52. The topological polar surface area (TPSA) is 76.6 Å². The Morgan fingerprint density at radius 1 is 1.28 bits per heavy atom. The zero-order valence-corrected chi connectivity index (χ0v) is 14.0. The quantitative estimate of drug-likeness (QED) is 0.797. The Labute approximate surface area is 142 Å². The van der Waals surface area contributed by atoms with Crippen LogP contribution in [0, 0.1) is 5.92 Å². The van der Waals surface area contributed by atoms with Crippen LogP contribution < -0.4 is 4.74 Å². The molecule has 2 atom stereocenters. The molecule has 0 aliphatic carbocycles. The monoisotopic (exact) mass is 378 g/mol. The second-order valence-electron chi connectivity index (χ2n) is 6.30. The summed E-state index contributed by atoms with van der Waals surface area (Å²) in [6.07, 6.45) is -3.26. The van der Waals surface area contributed by atoms with E-state index in [-0.39, 0.29) is 35.9 Å². The lowest BCUT2D eigenvalue weighted by atomic mass is 10.1. The van der Waals surface area contributed by atoms with E-state index in [0.29, 0.717) is 25.6 Å². The van der Waals surface area contributed by atoms with Gasteiger partial charge in [-0.05, 0) is 12.5 Å². The van der Waals surface area contributed by atoms with Crippen LogP contribution in [0.3, 0.4) is 0 Å². The van der Waals surface area contributed by atoms with E-state index >= 15 is 0 Å². The average molecular weight is 378 g/mol. The molecule has 25 heavy (non-hydrogen) atoms. The number of carbonyl (C=O) groups is 1. The fraction of sp³-hybridized carbons (Fsp3) is 0.600. The van der Waals surface area contributed by atoms with Crippen molar-refractivity contribution in [2.45, 2.75) is 25.1 Å². The molecule has 1 amide bonds. The fourth-order valence-electron chi connectivity index (χ4n) is 3.06. The van der Waals surface area contributed by atoms with Crippen molar-refractivity contribution in [3.63, 3.8) is 0 Å². The number of alkyl halides is 3. The van der Waals surface area contributed by atoms with Crippen molar-refractivity contribution in [1.82, 2.24) is 9.88 Å². The minimum atomic E-state index is -4.45. The van der Waals surface area contributed by atoms with Gasteiger partial charge in [0.2, 0.25) is 11.8 Å². The maximum Gasteiger partial charge on any atom is 0.417 e. The molecule has 0 saturated carbocycles. The van der Waals surface area contributed by atoms with E-state index in [2.05, 4.69) is 4.98 Å². The lowest BCUT2D eigenvalue weighted by Gasteiger charge is -2.20. The van der Waals surface area contributed by atoms with Crippen LogP contribution in [-0.4, -0.2) is 54.9 Å². The lowest BCUT2D eigenvalue weighted by molar-refractivity contribution is -0.138. The van der Waals surface area contributed by atoms with Gasteiger partial charge in [-0.1, -0.05) is 0 Å². The summed E-state index contributed by atoms with van der Waals surface area (Å²) < 4.78 is 66.0. The number of amides is 1. The van der Waals surface area contributed by atoms with Gasteiger partial charge in [-0.25, -0.2) is 13.4 Å². The minimum Gasteiger partial charge on any atom is -0.472 e. The number of hydrogen-bond donors (Lipinski definition) is 0. The normalized spacial score (nSPS) is 26.0. The molecule has 0 radical (unpaired) electrons. The van der Waals surface area contributed by atoms with Gasteiger partial charge < -0.3 is 9.64 Å². The Balaban J connectivity index is 1.55. The van der Waals surface area contributed by atoms with Gasteiger partial charge in [0.25, 0.3) is 0 Å². The first kappa shape index (κ1) is 18.0. The van der Waals surface area contributed by atoms with Crippen LogP contribution in [0.2, 0.25) is 0 Å². The molecular formula is C15H17F3N2O4S. The van der Waals surface area contributed by atoms with Crippen molar-refractivity contribution in [3.8, 4) is 5.88 Å². The largest absolute Gasteiger partial charge is 0.472 e. The van der Waals surface area contributed by atoms with Gasteiger partial charge in [0, 0.05) is 25.2 Å². The highest BCUT2D eigenvalue weighted by Crippen LogP contribution is 2.30. The van der Waals surface area contributed by atoms with E-state index in [0.717, 1.165) is 12.1 Å². The van der Waals surface area contributed by atoms with Crippen LogP contribution >= 0.6 is 0 Å². The maximum absolute atomic E-state index is 12.5. The lowest BCUT2D eigenvalue weighted by Crippen LogP contribution is -2.36. The molecule has 138 valence electrons. The van der Waals surface area contributed by atoms with Crippen LogP contribution in [-0.2, 0) is 20.8 Å². The summed E-state index contributed by atoms with van der Waals surface area (Å²) in [5, 5.41) is 0. The molecule has 0 bridgehead atoms. The Kier molecular flexibility index (Phi) is 4.65. The smallest absolute Gasteiger partial charge is 0.417 e. The Hall–Kier alpha value is -1.84. The molecule has 0 unspecified atom stereocenters. The number of likely N-dealkylation sites (tertiary alicyclic amines) is 1. The molecule has 10 heteroatoms. The van der Waals surface area contributed by atoms with Crippen molar-refractivity contribution in [2.75, 3.05) is 24.6 Å². The molecule has 2 saturated heterocycles. The van der Waals surface area contributed by atoms with E-state index in [1.807, 2.05) is 0 Å². The van der Waals surface area contributed by atoms with Crippen LogP contribution in [0.25, 0.3) is 0 Å². The van der Waals surface area contributed by atoms with Crippen LogP contribution in [0.5, 0.6) is 5.88 Å². The van der Waals surface area contributed by atoms with E-state index in [1.165, 1.54) is 0 Å². The molecule has 1 aromatic rings. The molecule has 2 aliphatic heterocycles. The third-order valence-electron chi connectivity index (χ3n) is 4.39. The van der Waals surface area contributed by atoms with Gasteiger partial charge in [-0.2, -0.15) is 13.2 Å². The first-order chi connectivity index (χ1) is 11.6. The van der Waals surface area contributed by atoms with Gasteiger partial charge in [0.15, 0.2) is 9.84 Å². The second kappa shape index (κ2) is 6.47. The fourth-order valence-corrected chi connectivity index (χ4v) is 4.79. The highest BCUT2D eigenvalue weighted by Gasteiger charge is 2.38. The number of pyridine rings is 1. The number of halogens is 3. The Morgan fingerprint density at radius 2 is 2.04 bits per heavy atom. The summed E-state index contributed by atoms with van der Waals surface area (Å²) in [5.41, 5.74) is -0.856. The van der Waals surface area contributed by atoms with Crippen LogP contribution in [0.15, 0.2) is 18.3 Å². The molecule has 3 heterocycles. The predicted molar refractivity (Wildman–Crippen MR) is 81.6 cm³/mol. The average Bonchev–Trinajstić information content (AvgIpc) is 3.13. The number of rotatable bonds is 3. The molecule has 0 aromatic carbocycles. The summed E-state index contributed by atoms with van der Waals surface area (Å²) in [4.78, 5) is 17.6. The van der Waals surface area contributed by atoms with Gasteiger partial charge in [-0.3, -0.25) is 4.79 Å².